The second kappa shape index (κ2) is 6.93. The summed E-state index contributed by atoms with van der Waals surface area (Å²) >= 11 is 0. The number of ether oxygens (including phenoxy) is 3. The van der Waals surface area contributed by atoms with E-state index in [0.29, 0.717) is 6.61 Å². The average molecular weight is 245 g/mol. The number of carbonyl (C=O) groups is 1. The number of nitrogens with two attached hydrogens (primary N) is 1. The maximum atomic E-state index is 11.3. The van der Waals surface area contributed by atoms with Crippen LogP contribution in [-0.2, 0) is 19.0 Å². The van der Waals surface area contributed by atoms with E-state index >= 15 is 0 Å². The molecule has 0 aromatic carbocycles. The standard InChI is InChI=1S/C12H23NO4/c1-4-15-12(14)11(13)7-16-10-5-8(2)17-9(3)6-10/h8-11H,4-7,13H2,1-3H3. The first-order valence-electron chi connectivity index (χ1n) is 6.22. The van der Waals surface area contributed by atoms with Crippen molar-refractivity contribution in [2.45, 2.75) is 58.0 Å². The van der Waals surface area contributed by atoms with Crippen LogP contribution in [-0.4, -0.2) is 43.5 Å². The smallest absolute Gasteiger partial charge is 0.325 e. The molecule has 5 heteroatoms. The molecular weight excluding hydrogens is 222 g/mol. The zero-order valence-electron chi connectivity index (χ0n) is 10.8. The van der Waals surface area contributed by atoms with Gasteiger partial charge >= 0.3 is 5.97 Å². The van der Waals surface area contributed by atoms with Crippen molar-refractivity contribution in [2.24, 2.45) is 5.73 Å². The highest BCUT2D eigenvalue weighted by atomic mass is 16.5. The van der Waals surface area contributed by atoms with Gasteiger partial charge in [-0.15, -0.1) is 0 Å². The van der Waals surface area contributed by atoms with Gasteiger partial charge in [0.2, 0.25) is 0 Å². The molecule has 5 nitrogen and oxygen atoms in total. The van der Waals surface area contributed by atoms with Gasteiger partial charge in [0.1, 0.15) is 6.04 Å². The molecule has 1 fully saturated rings. The van der Waals surface area contributed by atoms with Gasteiger partial charge in [-0.1, -0.05) is 0 Å². The number of hydrogen-bond donors (Lipinski definition) is 1. The molecule has 100 valence electrons. The molecule has 1 aliphatic heterocycles. The monoisotopic (exact) mass is 245 g/mol. The molecule has 0 saturated carbocycles. The van der Waals surface area contributed by atoms with Crippen LogP contribution in [0.3, 0.4) is 0 Å². The molecule has 1 saturated heterocycles. The van der Waals surface area contributed by atoms with E-state index in [1.807, 2.05) is 13.8 Å². The van der Waals surface area contributed by atoms with Crippen LogP contribution < -0.4 is 5.73 Å². The Bertz CT molecular complexity index is 237. The van der Waals surface area contributed by atoms with Crippen molar-refractivity contribution in [1.82, 2.24) is 0 Å². The zero-order chi connectivity index (χ0) is 12.8. The predicted molar refractivity (Wildman–Crippen MR) is 63.6 cm³/mol. The Morgan fingerprint density at radius 1 is 1.41 bits per heavy atom. The van der Waals surface area contributed by atoms with Crippen LogP contribution in [0.2, 0.25) is 0 Å². The summed E-state index contributed by atoms with van der Waals surface area (Å²) in [4.78, 5) is 11.3. The lowest BCUT2D eigenvalue weighted by atomic mass is 10.0. The Morgan fingerprint density at radius 2 is 2.00 bits per heavy atom. The summed E-state index contributed by atoms with van der Waals surface area (Å²) < 4.78 is 16.1. The lowest BCUT2D eigenvalue weighted by Gasteiger charge is -2.32. The molecule has 0 spiro atoms. The van der Waals surface area contributed by atoms with E-state index in [2.05, 4.69) is 0 Å². The van der Waals surface area contributed by atoms with Crippen molar-refractivity contribution in [2.75, 3.05) is 13.2 Å². The molecule has 1 aliphatic rings. The molecule has 0 aromatic heterocycles. The van der Waals surface area contributed by atoms with Crippen LogP contribution in [0.25, 0.3) is 0 Å². The number of carbonyl (C=O) groups excluding carboxylic acids is 1. The molecule has 3 atom stereocenters. The minimum atomic E-state index is -0.691. The van der Waals surface area contributed by atoms with Crippen LogP contribution in [0.4, 0.5) is 0 Å². The Kier molecular flexibility index (Phi) is 5.88. The van der Waals surface area contributed by atoms with Crippen molar-refractivity contribution in [3.8, 4) is 0 Å². The first kappa shape index (κ1) is 14.4. The minimum Gasteiger partial charge on any atom is -0.465 e. The van der Waals surface area contributed by atoms with Gasteiger partial charge in [0.05, 0.1) is 31.5 Å². The second-order valence-electron chi connectivity index (χ2n) is 4.54. The van der Waals surface area contributed by atoms with Crippen LogP contribution in [0.1, 0.15) is 33.6 Å². The summed E-state index contributed by atoms with van der Waals surface area (Å²) in [6, 6.07) is -0.691. The summed E-state index contributed by atoms with van der Waals surface area (Å²) in [5.41, 5.74) is 5.66. The van der Waals surface area contributed by atoms with Gasteiger partial charge < -0.3 is 19.9 Å². The zero-order valence-corrected chi connectivity index (χ0v) is 10.8. The lowest BCUT2D eigenvalue weighted by Crippen LogP contribution is -2.40. The van der Waals surface area contributed by atoms with E-state index in [1.54, 1.807) is 6.92 Å². The van der Waals surface area contributed by atoms with E-state index in [9.17, 15) is 4.79 Å². The van der Waals surface area contributed by atoms with Gasteiger partial charge in [-0.05, 0) is 33.6 Å². The van der Waals surface area contributed by atoms with E-state index in [0.717, 1.165) is 12.8 Å². The molecule has 17 heavy (non-hydrogen) atoms. The van der Waals surface area contributed by atoms with Gasteiger partial charge in [0.15, 0.2) is 0 Å². The highest BCUT2D eigenvalue weighted by Gasteiger charge is 2.26. The molecule has 0 amide bonds. The quantitative estimate of drug-likeness (QED) is 0.727. The normalized spacial score (nSPS) is 30.9. The Balaban J connectivity index is 2.27. The first-order chi connectivity index (χ1) is 8.02. The summed E-state index contributed by atoms with van der Waals surface area (Å²) in [5.74, 6) is -0.402. The van der Waals surface area contributed by atoms with Crippen molar-refractivity contribution in [1.29, 1.82) is 0 Å². The van der Waals surface area contributed by atoms with Crippen molar-refractivity contribution < 1.29 is 19.0 Å². The second-order valence-corrected chi connectivity index (χ2v) is 4.54. The summed E-state index contributed by atoms with van der Waals surface area (Å²) in [7, 11) is 0. The molecule has 0 bridgehead atoms. The molecule has 1 rings (SSSR count). The fraction of sp³-hybridized carbons (Fsp3) is 0.917. The van der Waals surface area contributed by atoms with Crippen LogP contribution in [0, 0.1) is 0 Å². The molecule has 1 heterocycles. The average Bonchev–Trinajstić information content (AvgIpc) is 2.25. The molecule has 0 aromatic rings. The van der Waals surface area contributed by atoms with Crippen LogP contribution in [0.15, 0.2) is 0 Å². The van der Waals surface area contributed by atoms with Gasteiger partial charge in [0.25, 0.3) is 0 Å². The molecule has 2 N–H and O–H groups in total. The van der Waals surface area contributed by atoms with Gasteiger partial charge in [-0.25, -0.2) is 0 Å². The lowest BCUT2D eigenvalue weighted by molar-refractivity contribution is -0.148. The van der Waals surface area contributed by atoms with Gasteiger partial charge in [-0.3, -0.25) is 4.79 Å². The summed E-state index contributed by atoms with van der Waals surface area (Å²) in [6.45, 7) is 6.36. The Hall–Kier alpha value is -0.650. The van der Waals surface area contributed by atoms with Crippen LogP contribution >= 0.6 is 0 Å². The third-order valence-electron chi connectivity index (χ3n) is 2.76. The van der Waals surface area contributed by atoms with E-state index in [4.69, 9.17) is 19.9 Å². The maximum Gasteiger partial charge on any atom is 0.325 e. The van der Waals surface area contributed by atoms with Gasteiger partial charge in [0, 0.05) is 0 Å². The van der Waals surface area contributed by atoms with Crippen molar-refractivity contribution >= 4 is 5.97 Å². The number of rotatable bonds is 5. The highest BCUT2D eigenvalue weighted by Crippen LogP contribution is 2.21. The predicted octanol–water partition coefficient (Wildman–Crippen LogP) is 0.849. The Labute approximate surface area is 103 Å². The Morgan fingerprint density at radius 3 is 2.53 bits per heavy atom. The summed E-state index contributed by atoms with van der Waals surface area (Å²) in [5, 5.41) is 0. The third kappa shape index (κ3) is 5.02. The third-order valence-corrected chi connectivity index (χ3v) is 2.76. The van der Waals surface area contributed by atoms with Gasteiger partial charge in [-0.2, -0.15) is 0 Å². The SMILES string of the molecule is CCOC(=O)C(N)COC1CC(C)OC(C)C1. The first-order valence-corrected chi connectivity index (χ1v) is 6.22. The number of hydrogen-bond acceptors (Lipinski definition) is 5. The maximum absolute atomic E-state index is 11.3. The number of esters is 1. The summed E-state index contributed by atoms with van der Waals surface area (Å²) in [6.07, 6.45) is 2.21. The van der Waals surface area contributed by atoms with E-state index in [1.165, 1.54) is 0 Å². The highest BCUT2D eigenvalue weighted by molar-refractivity contribution is 5.75. The fourth-order valence-corrected chi connectivity index (χ4v) is 2.04. The van der Waals surface area contributed by atoms with Crippen LogP contribution in [0.5, 0.6) is 0 Å². The molecular formula is C12H23NO4. The minimum absolute atomic E-state index is 0.120. The van der Waals surface area contributed by atoms with E-state index < -0.39 is 12.0 Å². The molecule has 0 aliphatic carbocycles. The topological polar surface area (TPSA) is 70.8 Å². The van der Waals surface area contributed by atoms with E-state index in [-0.39, 0.29) is 24.9 Å². The molecule has 0 radical (unpaired) electrons. The largest absolute Gasteiger partial charge is 0.465 e. The van der Waals surface area contributed by atoms with Crippen molar-refractivity contribution in [3.63, 3.8) is 0 Å². The van der Waals surface area contributed by atoms with Crippen molar-refractivity contribution in [3.05, 3.63) is 0 Å². The fourth-order valence-electron chi connectivity index (χ4n) is 2.04. The molecule has 3 unspecified atom stereocenters.